The Kier molecular flexibility index (Phi) is 5.82. The Morgan fingerprint density at radius 2 is 2.17 bits per heavy atom. The van der Waals surface area contributed by atoms with Gasteiger partial charge in [0.25, 0.3) is 0 Å². The summed E-state index contributed by atoms with van der Waals surface area (Å²) in [6.45, 7) is 10.2. The van der Waals surface area contributed by atoms with Crippen LogP contribution in [-0.4, -0.2) is 30.8 Å². The standard InChI is InChI=1S/C14H26N2O2/c1-11(10-17-5)8-12-9-15-13(18-12)6-7-16-14(2,3)4/h9,11,16H,6-8,10H2,1-5H3. The lowest BCUT2D eigenvalue weighted by molar-refractivity contribution is 0.156. The molecule has 1 heterocycles. The molecule has 1 N–H and O–H groups in total. The second kappa shape index (κ2) is 6.90. The third kappa shape index (κ3) is 6.17. The van der Waals surface area contributed by atoms with E-state index in [0.29, 0.717) is 5.92 Å². The molecule has 0 aliphatic carbocycles. The first-order valence-corrected chi connectivity index (χ1v) is 6.58. The Balaban J connectivity index is 2.34. The Morgan fingerprint density at radius 3 is 2.78 bits per heavy atom. The molecule has 1 aromatic heterocycles. The predicted molar refractivity (Wildman–Crippen MR) is 72.7 cm³/mol. The quantitative estimate of drug-likeness (QED) is 0.812. The highest BCUT2D eigenvalue weighted by atomic mass is 16.5. The molecule has 0 radical (unpaired) electrons. The summed E-state index contributed by atoms with van der Waals surface area (Å²) in [5, 5.41) is 3.42. The molecule has 0 spiro atoms. The first-order valence-electron chi connectivity index (χ1n) is 6.58. The molecule has 4 heteroatoms. The van der Waals surface area contributed by atoms with Crippen LogP contribution in [0.2, 0.25) is 0 Å². The van der Waals surface area contributed by atoms with Crippen molar-refractivity contribution in [2.24, 2.45) is 5.92 Å². The largest absolute Gasteiger partial charge is 0.446 e. The number of hydrogen-bond acceptors (Lipinski definition) is 4. The van der Waals surface area contributed by atoms with Gasteiger partial charge in [-0.05, 0) is 26.7 Å². The number of aromatic nitrogens is 1. The summed E-state index contributed by atoms with van der Waals surface area (Å²) in [7, 11) is 1.72. The van der Waals surface area contributed by atoms with Gasteiger partial charge in [-0.25, -0.2) is 4.98 Å². The summed E-state index contributed by atoms with van der Waals surface area (Å²) in [5.41, 5.74) is 0.141. The van der Waals surface area contributed by atoms with Gasteiger partial charge in [0.1, 0.15) is 5.76 Å². The fourth-order valence-electron chi connectivity index (χ4n) is 1.79. The van der Waals surface area contributed by atoms with E-state index >= 15 is 0 Å². The maximum absolute atomic E-state index is 5.71. The van der Waals surface area contributed by atoms with Crippen LogP contribution in [0.5, 0.6) is 0 Å². The van der Waals surface area contributed by atoms with Gasteiger partial charge in [-0.3, -0.25) is 0 Å². The van der Waals surface area contributed by atoms with Crippen molar-refractivity contribution in [2.45, 2.75) is 46.1 Å². The lowest BCUT2D eigenvalue weighted by Crippen LogP contribution is -2.37. The van der Waals surface area contributed by atoms with Gasteiger partial charge in [0.15, 0.2) is 5.89 Å². The third-order valence-electron chi connectivity index (χ3n) is 2.60. The number of rotatable bonds is 7. The molecule has 0 fully saturated rings. The van der Waals surface area contributed by atoms with Gasteiger partial charge in [-0.15, -0.1) is 0 Å². The van der Waals surface area contributed by atoms with Crippen molar-refractivity contribution in [1.29, 1.82) is 0 Å². The van der Waals surface area contributed by atoms with Gasteiger partial charge in [-0.1, -0.05) is 6.92 Å². The fraction of sp³-hybridized carbons (Fsp3) is 0.786. The van der Waals surface area contributed by atoms with E-state index in [-0.39, 0.29) is 5.54 Å². The number of methoxy groups -OCH3 is 1. The zero-order valence-electron chi connectivity index (χ0n) is 12.2. The maximum atomic E-state index is 5.71. The minimum atomic E-state index is 0.141. The average molecular weight is 254 g/mol. The summed E-state index contributed by atoms with van der Waals surface area (Å²) in [6.07, 6.45) is 3.54. The molecule has 0 saturated heterocycles. The molecule has 0 amide bonds. The van der Waals surface area contributed by atoms with Gasteiger partial charge in [0.05, 0.1) is 6.20 Å². The SMILES string of the molecule is COCC(C)Cc1cnc(CCNC(C)(C)C)o1. The van der Waals surface area contributed by atoms with E-state index in [1.807, 2.05) is 6.20 Å². The van der Waals surface area contributed by atoms with E-state index in [9.17, 15) is 0 Å². The van der Waals surface area contributed by atoms with Crippen molar-refractivity contribution in [1.82, 2.24) is 10.3 Å². The first kappa shape index (κ1) is 15.2. The molecule has 0 aliphatic rings. The molecule has 4 nitrogen and oxygen atoms in total. The van der Waals surface area contributed by atoms with Crippen LogP contribution in [-0.2, 0) is 17.6 Å². The zero-order valence-corrected chi connectivity index (χ0v) is 12.2. The minimum Gasteiger partial charge on any atom is -0.446 e. The van der Waals surface area contributed by atoms with E-state index < -0.39 is 0 Å². The van der Waals surface area contributed by atoms with Crippen LogP contribution in [0.4, 0.5) is 0 Å². The molecule has 0 bridgehead atoms. The lowest BCUT2D eigenvalue weighted by Gasteiger charge is -2.19. The molecular weight excluding hydrogens is 228 g/mol. The van der Waals surface area contributed by atoms with Crippen molar-refractivity contribution in [3.8, 4) is 0 Å². The maximum Gasteiger partial charge on any atom is 0.195 e. The van der Waals surface area contributed by atoms with Crippen molar-refractivity contribution in [3.05, 3.63) is 17.8 Å². The highest BCUT2D eigenvalue weighted by Gasteiger charge is 2.11. The first-order chi connectivity index (χ1) is 8.40. The van der Waals surface area contributed by atoms with Crippen LogP contribution in [0.15, 0.2) is 10.6 Å². The molecule has 1 aromatic rings. The Morgan fingerprint density at radius 1 is 1.44 bits per heavy atom. The second-order valence-corrected chi connectivity index (χ2v) is 5.91. The van der Waals surface area contributed by atoms with Crippen LogP contribution in [0, 0.1) is 5.92 Å². The van der Waals surface area contributed by atoms with Crippen LogP contribution < -0.4 is 5.32 Å². The second-order valence-electron chi connectivity index (χ2n) is 5.91. The van der Waals surface area contributed by atoms with Gasteiger partial charge in [0, 0.05) is 38.6 Å². The minimum absolute atomic E-state index is 0.141. The van der Waals surface area contributed by atoms with Crippen LogP contribution in [0.3, 0.4) is 0 Å². The summed E-state index contributed by atoms with van der Waals surface area (Å²) < 4.78 is 10.8. The molecule has 1 rings (SSSR count). The summed E-state index contributed by atoms with van der Waals surface area (Å²) in [4.78, 5) is 4.30. The number of nitrogens with zero attached hydrogens (tertiary/aromatic N) is 1. The van der Waals surface area contributed by atoms with E-state index in [2.05, 4.69) is 38.0 Å². The highest BCUT2D eigenvalue weighted by Crippen LogP contribution is 2.11. The van der Waals surface area contributed by atoms with Gasteiger partial charge in [-0.2, -0.15) is 0 Å². The number of hydrogen-bond donors (Lipinski definition) is 1. The number of ether oxygens (including phenoxy) is 1. The van der Waals surface area contributed by atoms with Crippen molar-refractivity contribution in [2.75, 3.05) is 20.3 Å². The molecule has 0 aliphatic heterocycles. The topological polar surface area (TPSA) is 47.3 Å². The molecule has 1 atom stereocenters. The van der Waals surface area contributed by atoms with E-state index in [4.69, 9.17) is 9.15 Å². The summed E-state index contributed by atoms with van der Waals surface area (Å²) in [5.74, 6) is 2.22. The van der Waals surface area contributed by atoms with Crippen LogP contribution >= 0.6 is 0 Å². The van der Waals surface area contributed by atoms with Crippen molar-refractivity contribution < 1.29 is 9.15 Å². The highest BCUT2D eigenvalue weighted by molar-refractivity contribution is 4.96. The van der Waals surface area contributed by atoms with Gasteiger partial charge < -0.3 is 14.5 Å². The van der Waals surface area contributed by atoms with E-state index in [0.717, 1.165) is 37.6 Å². The van der Waals surface area contributed by atoms with Crippen LogP contribution in [0.25, 0.3) is 0 Å². The third-order valence-corrected chi connectivity index (χ3v) is 2.60. The van der Waals surface area contributed by atoms with E-state index in [1.54, 1.807) is 7.11 Å². The smallest absolute Gasteiger partial charge is 0.195 e. The van der Waals surface area contributed by atoms with E-state index in [1.165, 1.54) is 0 Å². The molecule has 104 valence electrons. The number of nitrogens with one attached hydrogen (secondary N) is 1. The zero-order chi connectivity index (χ0) is 13.6. The fourth-order valence-corrected chi connectivity index (χ4v) is 1.79. The molecule has 1 unspecified atom stereocenters. The van der Waals surface area contributed by atoms with Crippen LogP contribution in [0.1, 0.15) is 39.3 Å². The van der Waals surface area contributed by atoms with Gasteiger partial charge >= 0.3 is 0 Å². The summed E-state index contributed by atoms with van der Waals surface area (Å²) >= 11 is 0. The monoisotopic (exact) mass is 254 g/mol. The Bertz CT molecular complexity index is 342. The normalized spacial score (nSPS) is 13.8. The molecule has 0 saturated carbocycles. The number of oxazole rings is 1. The van der Waals surface area contributed by atoms with Crippen molar-refractivity contribution >= 4 is 0 Å². The predicted octanol–water partition coefficient (Wildman–Crippen LogP) is 2.43. The van der Waals surface area contributed by atoms with Crippen molar-refractivity contribution in [3.63, 3.8) is 0 Å². The Hall–Kier alpha value is -0.870. The van der Waals surface area contributed by atoms with Gasteiger partial charge in [0.2, 0.25) is 0 Å². The molecular formula is C14H26N2O2. The molecule has 18 heavy (non-hydrogen) atoms. The molecule has 0 aromatic carbocycles. The lowest BCUT2D eigenvalue weighted by atomic mass is 10.1. The summed E-state index contributed by atoms with van der Waals surface area (Å²) in [6, 6.07) is 0. The Labute approximate surface area is 110 Å². The average Bonchev–Trinajstić information content (AvgIpc) is 2.64.